The molecule has 0 unspecified atom stereocenters. The molecule has 1 aliphatic carbocycles. The molecule has 0 aromatic carbocycles. The van der Waals surface area contributed by atoms with Crippen LogP contribution in [-0.2, 0) is 19.4 Å². The van der Waals surface area contributed by atoms with Gasteiger partial charge in [0, 0.05) is 12.0 Å². The molecule has 3 aromatic rings. The monoisotopic (exact) mass is 312 g/mol. The molecule has 0 saturated heterocycles. The van der Waals surface area contributed by atoms with Crippen LogP contribution in [0.2, 0.25) is 0 Å². The Morgan fingerprint density at radius 3 is 2.96 bits per heavy atom. The molecule has 0 bridgehead atoms. The highest BCUT2D eigenvalue weighted by Gasteiger charge is 2.23. The fraction of sp³-hybridized carbons (Fsp3) is 0.294. The first-order valence-electron chi connectivity index (χ1n) is 7.69. The molecule has 0 radical (unpaired) electrons. The quantitative estimate of drug-likeness (QED) is 0.799. The minimum absolute atomic E-state index is 0.229. The third kappa shape index (κ3) is 2.67. The standard InChI is InChI=1S/C17H16N2O4/c20-17(16-12-4-1-2-5-13(12)23-19-16)18-10-11-7-8-15(22-11)14-6-3-9-21-14/h3,6-9H,1-2,4-5,10H2,(H,18,20). The van der Waals surface area contributed by atoms with E-state index in [0.29, 0.717) is 29.5 Å². The molecular weight excluding hydrogens is 296 g/mol. The van der Waals surface area contributed by atoms with Gasteiger partial charge in [0.1, 0.15) is 11.5 Å². The molecule has 0 saturated carbocycles. The summed E-state index contributed by atoms with van der Waals surface area (Å²) in [4.78, 5) is 12.3. The maximum absolute atomic E-state index is 12.3. The van der Waals surface area contributed by atoms with Gasteiger partial charge < -0.3 is 18.7 Å². The first-order valence-corrected chi connectivity index (χ1v) is 7.69. The van der Waals surface area contributed by atoms with E-state index in [1.165, 1.54) is 0 Å². The summed E-state index contributed by atoms with van der Waals surface area (Å²) < 4.78 is 16.2. The minimum atomic E-state index is -0.229. The van der Waals surface area contributed by atoms with Crippen molar-refractivity contribution in [2.75, 3.05) is 0 Å². The summed E-state index contributed by atoms with van der Waals surface area (Å²) in [5.74, 6) is 2.57. The van der Waals surface area contributed by atoms with Crippen LogP contribution in [0.25, 0.3) is 11.5 Å². The average molecular weight is 312 g/mol. The van der Waals surface area contributed by atoms with E-state index in [1.54, 1.807) is 12.3 Å². The van der Waals surface area contributed by atoms with Crippen LogP contribution in [-0.4, -0.2) is 11.1 Å². The van der Waals surface area contributed by atoms with Gasteiger partial charge in [0.25, 0.3) is 5.91 Å². The highest BCUT2D eigenvalue weighted by atomic mass is 16.5. The predicted octanol–water partition coefficient (Wildman–Crippen LogP) is 3.34. The lowest BCUT2D eigenvalue weighted by Crippen LogP contribution is -2.24. The Hall–Kier alpha value is -2.76. The van der Waals surface area contributed by atoms with Crippen molar-refractivity contribution in [2.24, 2.45) is 0 Å². The van der Waals surface area contributed by atoms with Crippen molar-refractivity contribution in [3.63, 3.8) is 0 Å². The van der Waals surface area contributed by atoms with Crippen molar-refractivity contribution in [3.8, 4) is 11.5 Å². The molecule has 1 aliphatic rings. The second-order valence-electron chi connectivity index (χ2n) is 5.57. The van der Waals surface area contributed by atoms with Crippen molar-refractivity contribution < 1.29 is 18.2 Å². The fourth-order valence-electron chi connectivity index (χ4n) is 2.84. The molecule has 0 atom stereocenters. The summed E-state index contributed by atoms with van der Waals surface area (Å²) in [6.07, 6.45) is 5.46. The molecule has 0 fully saturated rings. The zero-order valence-corrected chi connectivity index (χ0v) is 12.5. The fourth-order valence-corrected chi connectivity index (χ4v) is 2.84. The van der Waals surface area contributed by atoms with Gasteiger partial charge in [-0.15, -0.1) is 0 Å². The topological polar surface area (TPSA) is 81.4 Å². The SMILES string of the molecule is O=C(NCc1ccc(-c2ccco2)o1)c1noc2c1CCCC2. The van der Waals surface area contributed by atoms with E-state index in [4.69, 9.17) is 13.4 Å². The lowest BCUT2D eigenvalue weighted by molar-refractivity contribution is 0.0938. The normalized spacial score (nSPS) is 13.7. The number of furan rings is 2. The van der Waals surface area contributed by atoms with Crippen molar-refractivity contribution in [2.45, 2.75) is 32.2 Å². The Balaban J connectivity index is 1.43. The first kappa shape index (κ1) is 13.9. The van der Waals surface area contributed by atoms with Crippen LogP contribution in [0.15, 0.2) is 43.9 Å². The molecule has 1 amide bonds. The van der Waals surface area contributed by atoms with Crippen LogP contribution in [0, 0.1) is 0 Å². The van der Waals surface area contributed by atoms with Crippen LogP contribution in [0.1, 0.15) is 40.4 Å². The molecule has 23 heavy (non-hydrogen) atoms. The molecule has 3 heterocycles. The molecular formula is C17H16N2O4. The van der Waals surface area contributed by atoms with Crippen molar-refractivity contribution >= 4 is 5.91 Å². The molecule has 0 spiro atoms. The van der Waals surface area contributed by atoms with E-state index in [-0.39, 0.29) is 5.91 Å². The van der Waals surface area contributed by atoms with Crippen molar-refractivity contribution in [1.82, 2.24) is 10.5 Å². The number of carbonyl (C=O) groups excluding carboxylic acids is 1. The number of hydrogen-bond donors (Lipinski definition) is 1. The van der Waals surface area contributed by atoms with Gasteiger partial charge in [-0.3, -0.25) is 4.79 Å². The summed E-state index contributed by atoms with van der Waals surface area (Å²) in [5, 5.41) is 6.75. The molecule has 3 aromatic heterocycles. The second-order valence-corrected chi connectivity index (χ2v) is 5.57. The maximum Gasteiger partial charge on any atom is 0.274 e. The number of nitrogens with one attached hydrogen (secondary N) is 1. The van der Waals surface area contributed by atoms with Crippen molar-refractivity contribution in [1.29, 1.82) is 0 Å². The van der Waals surface area contributed by atoms with Crippen LogP contribution < -0.4 is 5.32 Å². The van der Waals surface area contributed by atoms with Crippen LogP contribution in [0.4, 0.5) is 0 Å². The van der Waals surface area contributed by atoms with Gasteiger partial charge in [0.05, 0.1) is 12.8 Å². The molecule has 0 aliphatic heterocycles. The van der Waals surface area contributed by atoms with Gasteiger partial charge in [0.15, 0.2) is 17.2 Å². The number of nitrogens with zero attached hydrogens (tertiary/aromatic N) is 1. The lowest BCUT2D eigenvalue weighted by Gasteiger charge is -2.08. The summed E-state index contributed by atoms with van der Waals surface area (Å²) in [7, 11) is 0. The Morgan fingerprint density at radius 2 is 2.09 bits per heavy atom. The number of amides is 1. The van der Waals surface area contributed by atoms with Gasteiger partial charge in [-0.05, 0) is 43.5 Å². The minimum Gasteiger partial charge on any atom is -0.461 e. The highest BCUT2D eigenvalue weighted by Crippen LogP contribution is 2.25. The third-order valence-electron chi connectivity index (χ3n) is 4.01. The molecule has 118 valence electrons. The van der Waals surface area contributed by atoms with Crippen LogP contribution >= 0.6 is 0 Å². The van der Waals surface area contributed by atoms with Crippen LogP contribution in [0.3, 0.4) is 0 Å². The Morgan fingerprint density at radius 1 is 1.17 bits per heavy atom. The molecule has 1 N–H and O–H groups in total. The highest BCUT2D eigenvalue weighted by molar-refractivity contribution is 5.93. The third-order valence-corrected chi connectivity index (χ3v) is 4.01. The Labute approximate surface area is 132 Å². The average Bonchev–Trinajstić information content (AvgIpc) is 3.31. The smallest absolute Gasteiger partial charge is 0.274 e. The van der Waals surface area contributed by atoms with Gasteiger partial charge >= 0.3 is 0 Å². The van der Waals surface area contributed by atoms with E-state index in [0.717, 1.165) is 37.0 Å². The number of fused-ring (bicyclic) bond motifs is 1. The van der Waals surface area contributed by atoms with E-state index in [2.05, 4.69) is 10.5 Å². The number of carbonyl (C=O) groups is 1. The maximum atomic E-state index is 12.3. The number of aryl methyl sites for hydroxylation is 1. The van der Waals surface area contributed by atoms with E-state index >= 15 is 0 Å². The Kier molecular flexibility index (Phi) is 3.49. The molecule has 6 heteroatoms. The van der Waals surface area contributed by atoms with Gasteiger partial charge in [-0.2, -0.15) is 0 Å². The van der Waals surface area contributed by atoms with Gasteiger partial charge in [-0.1, -0.05) is 5.16 Å². The number of aromatic nitrogens is 1. The zero-order valence-electron chi connectivity index (χ0n) is 12.5. The zero-order chi connectivity index (χ0) is 15.6. The summed E-state index contributed by atoms with van der Waals surface area (Å²) in [6.45, 7) is 0.293. The van der Waals surface area contributed by atoms with Crippen LogP contribution in [0.5, 0.6) is 0 Å². The number of rotatable bonds is 4. The first-order chi connectivity index (χ1) is 11.3. The van der Waals surface area contributed by atoms with E-state index in [9.17, 15) is 4.79 Å². The predicted molar refractivity (Wildman–Crippen MR) is 80.7 cm³/mol. The largest absolute Gasteiger partial charge is 0.461 e. The van der Waals surface area contributed by atoms with Gasteiger partial charge in [-0.25, -0.2) is 0 Å². The Bertz CT molecular complexity index is 814. The summed E-state index contributed by atoms with van der Waals surface area (Å²) in [6, 6.07) is 7.25. The second kappa shape index (κ2) is 5.79. The van der Waals surface area contributed by atoms with E-state index in [1.807, 2.05) is 18.2 Å². The lowest BCUT2D eigenvalue weighted by atomic mass is 9.96. The van der Waals surface area contributed by atoms with Crippen molar-refractivity contribution in [3.05, 3.63) is 53.3 Å². The summed E-state index contributed by atoms with van der Waals surface area (Å²) >= 11 is 0. The van der Waals surface area contributed by atoms with E-state index < -0.39 is 0 Å². The molecule has 6 nitrogen and oxygen atoms in total. The van der Waals surface area contributed by atoms with Gasteiger partial charge in [0.2, 0.25) is 0 Å². The molecule has 4 rings (SSSR count). The number of hydrogen-bond acceptors (Lipinski definition) is 5. The summed E-state index contributed by atoms with van der Waals surface area (Å²) in [5.41, 5.74) is 1.35.